The van der Waals surface area contributed by atoms with E-state index < -0.39 is 0 Å². The van der Waals surface area contributed by atoms with E-state index >= 15 is 0 Å². The van der Waals surface area contributed by atoms with Gasteiger partial charge in [-0.15, -0.1) is 10.2 Å². The van der Waals surface area contributed by atoms with E-state index in [1.54, 1.807) is 17.6 Å². The SMILES string of the molecule is Cc1[nH]c2ccccc2c1C1CCN(c2nnc(-c3ccon3)s2)CC1. The van der Waals surface area contributed by atoms with Gasteiger partial charge in [0.25, 0.3) is 0 Å². The van der Waals surface area contributed by atoms with E-state index in [1.807, 2.05) is 6.07 Å². The fourth-order valence-corrected chi connectivity index (χ4v) is 4.81. The molecule has 4 heterocycles. The number of rotatable bonds is 3. The van der Waals surface area contributed by atoms with E-state index in [2.05, 4.69) is 56.4 Å². The van der Waals surface area contributed by atoms with Crippen molar-refractivity contribution in [2.75, 3.05) is 18.0 Å². The van der Waals surface area contributed by atoms with Gasteiger partial charge in [0, 0.05) is 35.8 Å². The lowest BCUT2D eigenvalue weighted by Gasteiger charge is -2.31. The minimum atomic E-state index is 0.588. The Hall–Kier alpha value is -2.67. The third-order valence-electron chi connectivity index (χ3n) is 5.19. The number of aromatic amines is 1. The minimum Gasteiger partial charge on any atom is -0.364 e. The first-order valence-corrected chi connectivity index (χ1v) is 9.67. The van der Waals surface area contributed by atoms with Crippen LogP contribution < -0.4 is 4.90 Å². The van der Waals surface area contributed by atoms with Crippen LogP contribution in [0.2, 0.25) is 0 Å². The first-order chi connectivity index (χ1) is 12.8. The number of fused-ring (bicyclic) bond motifs is 1. The molecule has 1 saturated heterocycles. The number of nitrogens with zero attached hydrogens (tertiary/aromatic N) is 4. The van der Waals surface area contributed by atoms with Gasteiger partial charge < -0.3 is 14.4 Å². The van der Waals surface area contributed by atoms with E-state index in [9.17, 15) is 0 Å². The molecule has 0 spiro atoms. The lowest BCUT2D eigenvalue weighted by Crippen LogP contribution is -2.32. The van der Waals surface area contributed by atoms with Crippen LogP contribution in [-0.4, -0.2) is 33.4 Å². The van der Waals surface area contributed by atoms with E-state index in [1.165, 1.54) is 22.2 Å². The van der Waals surface area contributed by atoms with Crippen LogP contribution in [0.25, 0.3) is 21.6 Å². The van der Waals surface area contributed by atoms with Crippen molar-refractivity contribution < 1.29 is 4.52 Å². The summed E-state index contributed by atoms with van der Waals surface area (Å²) >= 11 is 1.58. The summed E-state index contributed by atoms with van der Waals surface area (Å²) in [5.41, 5.74) is 4.77. The minimum absolute atomic E-state index is 0.588. The van der Waals surface area contributed by atoms with Gasteiger partial charge in [0.15, 0.2) is 5.01 Å². The number of piperidine rings is 1. The average molecular weight is 365 g/mol. The highest BCUT2D eigenvalue weighted by Gasteiger charge is 2.26. The molecule has 3 aromatic heterocycles. The molecule has 0 aliphatic carbocycles. The molecule has 0 bridgehead atoms. The molecule has 4 aromatic rings. The second-order valence-electron chi connectivity index (χ2n) is 6.75. The predicted octanol–water partition coefficient (Wildman–Crippen LogP) is 4.37. The van der Waals surface area contributed by atoms with Gasteiger partial charge in [0.05, 0.1) is 0 Å². The van der Waals surface area contributed by atoms with E-state index in [4.69, 9.17) is 4.52 Å². The maximum Gasteiger partial charge on any atom is 0.208 e. The lowest BCUT2D eigenvalue weighted by atomic mass is 9.88. The Balaban J connectivity index is 1.34. The van der Waals surface area contributed by atoms with Gasteiger partial charge in [-0.05, 0) is 37.3 Å². The molecule has 132 valence electrons. The maximum atomic E-state index is 4.90. The molecule has 0 radical (unpaired) electrons. The number of anilines is 1. The quantitative estimate of drug-likeness (QED) is 0.584. The molecule has 0 amide bonds. The van der Waals surface area contributed by atoms with E-state index in [0.717, 1.165) is 41.8 Å². The average Bonchev–Trinajstić information content (AvgIpc) is 3.40. The Kier molecular flexibility index (Phi) is 3.74. The van der Waals surface area contributed by atoms with Crippen LogP contribution in [0.4, 0.5) is 5.13 Å². The van der Waals surface area contributed by atoms with Gasteiger partial charge in [0.1, 0.15) is 12.0 Å². The van der Waals surface area contributed by atoms with Crippen LogP contribution in [0.5, 0.6) is 0 Å². The van der Waals surface area contributed by atoms with Gasteiger partial charge in [-0.1, -0.05) is 34.7 Å². The summed E-state index contributed by atoms with van der Waals surface area (Å²) in [6, 6.07) is 10.4. The Labute approximate surface area is 154 Å². The van der Waals surface area contributed by atoms with Crippen molar-refractivity contribution in [3.63, 3.8) is 0 Å². The summed E-state index contributed by atoms with van der Waals surface area (Å²) in [4.78, 5) is 5.87. The highest BCUT2D eigenvalue weighted by Crippen LogP contribution is 2.37. The zero-order chi connectivity index (χ0) is 17.5. The molecule has 0 unspecified atom stereocenters. The summed E-state index contributed by atoms with van der Waals surface area (Å²) < 4.78 is 4.90. The summed E-state index contributed by atoms with van der Waals surface area (Å²) in [5.74, 6) is 0.588. The number of aromatic nitrogens is 4. The van der Waals surface area contributed by atoms with Crippen LogP contribution in [0, 0.1) is 6.92 Å². The number of para-hydroxylation sites is 1. The zero-order valence-electron chi connectivity index (χ0n) is 14.5. The maximum absolute atomic E-state index is 4.90. The number of H-pyrrole nitrogens is 1. The smallest absolute Gasteiger partial charge is 0.208 e. The van der Waals surface area contributed by atoms with Crippen molar-refractivity contribution in [1.29, 1.82) is 0 Å². The van der Waals surface area contributed by atoms with Crippen LogP contribution in [0.3, 0.4) is 0 Å². The summed E-state index contributed by atoms with van der Waals surface area (Å²) in [5, 5.41) is 15.7. The first kappa shape index (κ1) is 15.6. The first-order valence-electron chi connectivity index (χ1n) is 8.86. The van der Waals surface area contributed by atoms with Crippen molar-refractivity contribution >= 4 is 27.4 Å². The van der Waals surface area contributed by atoms with Gasteiger partial charge in [-0.2, -0.15) is 0 Å². The van der Waals surface area contributed by atoms with Gasteiger partial charge in [0.2, 0.25) is 5.13 Å². The van der Waals surface area contributed by atoms with Crippen LogP contribution >= 0.6 is 11.3 Å². The third-order valence-corrected chi connectivity index (χ3v) is 6.19. The Morgan fingerprint density at radius 3 is 2.81 bits per heavy atom. The zero-order valence-corrected chi connectivity index (χ0v) is 15.3. The fourth-order valence-electron chi connectivity index (χ4n) is 3.95. The summed E-state index contributed by atoms with van der Waals surface area (Å²) in [6.45, 7) is 4.19. The Morgan fingerprint density at radius 2 is 2.00 bits per heavy atom. The number of aryl methyl sites for hydroxylation is 1. The van der Waals surface area contributed by atoms with Crippen molar-refractivity contribution in [3.8, 4) is 10.7 Å². The highest BCUT2D eigenvalue weighted by molar-refractivity contribution is 7.18. The second-order valence-corrected chi connectivity index (χ2v) is 7.70. The monoisotopic (exact) mass is 365 g/mol. The van der Waals surface area contributed by atoms with Crippen molar-refractivity contribution in [3.05, 3.63) is 47.9 Å². The van der Waals surface area contributed by atoms with Gasteiger partial charge >= 0.3 is 0 Å². The van der Waals surface area contributed by atoms with Crippen LogP contribution in [0.1, 0.15) is 30.0 Å². The molecule has 0 atom stereocenters. The molecule has 26 heavy (non-hydrogen) atoms. The molecule has 6 nitrogen and oxygen atoms in total. The van der Waals surface area contributed by atoms with Gasteiger partial charge in [-0.3, -0.25) is 0 Å². The number of benzene rings is 1. The summed E-state index contributed by atoms with van der Waals surface area (Å²) in [7, 11) is 0. The predicted molar refractivity (Wildman–Crippen MR) is 103 cm³/mol. The standard InChI is InChI=1S/C19H19N5OS/c1-12-17(14-4-2-3-5-15(14)20-12)13-6-9-24(10-7-13)19-22-21-18(26-19)16-8-11-25-23-16/h2-5,8,11,13,20H,6-7,9-10H2,1H3. The normalized spacial score (nSPS) is 15.8. The fraction of sp³-hybridized carbons (Fsp3) is 0.316. The number of hydrogen-bond donors (Lipinski definition) is 1. The highest BCUT2D eigenvalue weighted by atomic mass is 32.1. The molecular formula is C19H19N5OS. The molecule has 7 heteroatoms. The van der Waals surface area contributed by atoms with Crippen LogP contribution in [-0.2, 0) is 0 Å². The van der Waals surface area contributed by atoms with Crippen molar-refractivity contribution in [1.82, 2.24) is 20.3 Å². The largest absolute Gasteiger partial charge is 0.364 e. The second kappa shape index (κ2) is 6.25. The third kappa shape index (κ3) is 2.59. The molecule has 5 rings (SSSR count). The Bertz CT molecular complexity index is 1030. The van der Waals surface area contributed by atoms with Crippen molar-refractivity contribution in [2.45, 2.75) is 25.7 Å². The molecular weight excluding hydrogens is 346 g/mol. The molecule has 0 saturated carbocycles. The summed E-state index contributed by atoms with van der Waals surface area (Å²) in [6.07, 6.45) is 3.81. The topological polar surface area (TPSA) is 70.8 Å². The molecule has 1 N–H and O–H groups in total. The van der Waals surface area contributed by atoms with Crippen molar-refractivity contribution in [2.24, 2.45) is 0 Å². The lowest BCUT2D eigenvalue weighted by molar-refractivity contribution is 0.422. The van der Waals surface area contributed by atoms with E-state index in [-0.39, 0.29) is 0 Å². The number of nitrogens with one attached hydrogen (secondary N) is 1. The van der Waals surface area contributed by atoms with E-state index in [0.29, 0.717) is 5.92 Å². The van der Waals surface area contributed by atoms with Gasteiger partial charge in [-0.25, -0.2) is 0 Å². The van der Waals surface area contributed by atoms with Crippen LogP contribution in [0.15, 0.2) is 41.1 Å². The molecule has 1 aliphatic rings. The molecule has 1 aliphatic heterocycles. The molecule has 1 aromatic carbocycles. The number of hydrogen-bond acceptors (Lipinski definition) is 6. The molecule has 1 fully saturated rings. The Morgan fingerprint density at radius 1 is 1.15 bits per heavy atom.